The van der Waals surface area contributed by atoms with Crippen LogP contribution in [-0.4, -0.2) is 5.60 Å². The lowest BCUT2D eigenvalue weighted by atomic mass is 9.97. The Labute approximate surface area is 133 Å². The molecule has 4 heteroatoms. The molecular weight excluding hydrogens is 310 g/mol. The number of hydrogen-bond acceptors (Lipinski definition) is 1. The fraction of sp³-hybridized carbons (Fsp3) is 0.294. The number of ether oxygens (including phenoxy) is 1. The summed E-state index contributed by atoms with van der Waals surface area (Å²) in [6.45, 7) is 4.12. The Kier molecular flexibility index (Phi) is 3.62. The van der Waals surface area contributed by atoms with Crippen molar-refractivity contribution in [2.75, 3.05) is 0 Å². The summed E-state index contributed by atoms with van der Waals surface area (Å²) >= 11 is 12.3. The van der Waals surface area contributed by atoms with E-state index in [0.29, 0.717) is 0 Å². The molecule has 0 fully saturated rings. The van der Waals surface area contributed by atoms with Crippen LogP contribution in [0.3, 0.4) is 0 Å². The number of hydrogen-bond donors (Lipinski definition) is 0. The molecule has 1 nitrogen and oxygen atoms in total. The summed E-state index contributed by atoms with van der Waals surface area (Å²) in [5.74, 6) is 0.471. The van der Waals surface area contributed by atoms with Gasteiger partial charge in [0, 0.05) is 6.42 Å². The lowest BCUT2D eigenvalue weighted by molar-refractivity contribution is 0.138. The zero-order valence-corrected chi connectivity index (χ0v) is 13.3. The maximum absolute atomic E-state index is 13.2. The summed E-state index contributed by atoms with van der Waals surface area (Å²) < 4.78 is 19.1. The molecule has 0 aromatic heterocycles. The van der Waals surface area contributed by atoms with Crippen molar-refractivity contribution < 1.29 is 9.13 Å². The minimum absolute atomic E-state index is 0.0868. The Morgan fingerprint density at radius 3 is 2.52 bits per heavy atom. The van der Waals surface area contributed by atoms with Crippen molar-refractivity contribution in [2.24, 2.45) is 0 Å². The van der Waals surface area contributed by atoms with Gasteiger partial charge in [-0.15, -0.1) is 11.6 Å². The molecule has 1 atom stereocenters. The van der Waals surface area contributed by atoms with Gasteiger partial charge in [-0.05, 0) is 48.7 Å². The molecular formula is C17H15Cl2FO. The summed E-state index contributed by atoms with van der Waals surface area (Å²) in [5, 5.41) is -0.277. The lowest BCUT2D eigenvalue weighted by Gasteiger charge is -2.16. The Balaban J connectivity index is 1.93. The Bertz CT molecular complexity index is 697. The van der Waals surface area contributed by atoms with Crippen LogP contribution in [0.5, 0.6) is 5.75 Å². The normalized spacial score (nSPS) is 17.2. The first-order valence-electron chi connectivity index (χ1n) is 6.76. The van der Waals surface area contributed by atoms with E-state index in [0.717, 1.165) is 28.9 Å². The van der Waals surface area contributed by atoms with Crippen LogP contribution in [0.2, 0.25) is 5.02 Å². The first kappa shape index (κ1) is 14.7. The van der Waals surface area contributed by atoms with Gasteiger partial charge in [0.1, 0.15) is 17.2 Å². The highest BCUT2D eigenvalue weighted by molar-refractivity contribution is 6.31. The van der Waals surface area contributed by atoms with Gasteiger partial charge in [0.25, 0.3) is 0 Å². The monoisotopic (exact) mass is 324 g/mol. The van der Waals surface area contributed by atoms with Crippen LogP contribution in [0.1, 0.15) is 35.9 Å². The molecule has 21 heavy (non-hydrogen) atoms. The van der Waals surface area contributed by atoms with Crippen molar-refractivity contribution in [3.8, 4) is 5.75 Å². The number of alkyl halides is 1. The fourth-order valence-electron chi connectivity index (χ4n) is 2.65. The van der Waals surface area contributed by atoms with Gasteiger partial charge < -0.3 is 4.74 Å². The number of rotatable bonds is 2. The van der Waals surface area contributed by atoms with Crippen LogP contribution in [-0.2, 0) is 6.42 Å². The second kappa shape index (κ2) is 5.19. The second-order valence-electron chi connectivity index (χ2n) is 5.94. The third-order valence-corrected chi connectivity index (χ3v) is 4.41. The molecule has 1 aliphatic rings. The third kappa shape index (κ3) is 2.88. The zero-order valence-electron chi connectivity index (χ0n) is 11.8. The molecule has 1 heterocycles. The van der Waals surface area contributed by atoms with Gasteiger partial charge in [0.15, 0.2) is 0 Å². The third-order valence-electron chi connectivity index (χ3n) is 3.62. The molecule has 1 aliphatic heterocycles. The van der Waals surface area contributed by atoms with Crippen molar-refractivity contribution in [2.45, 2.75) is 31.2 Å². The van der Waals surface area contributed by atoms with E-state index in [1.807, 2.05) is 12.1 Å². The van der Waals surface area contributed by atoms with Crippen LogP contribution in [0.25, 0.3) is 0 Å². The summed E-state index contributed by atoms with van der Waals surface area (Å²) in [5.41, 5.74) is 2.71. The van der Waals surface area contributed by atoms with Gasteiger partial charge >= 0.3 is 0 Å². The van der Waals surface area contributed by atoms with Crippen LogP contribution >= 0.6 is 23.2 Å². The van der Waals surface area contributed by atoms with Crippen LogP contribution < -0.4 is 4.74 Å². The average molecular weight is 325 g/mol. The highest BCUT2D eigenvalue weighted by Crippen LogP contribution is 2.39. The first-order chi connectivity index (χ1) is 9.85. The standard InChI is InChI=1S/C17H15Cl2FO/c1-17(2)9-12-7-10(4-6-15(12)21-17)16(19)11-3-5-14(20)13(18)8-11/h3-8,16H,9H2,1-2H3. The predicted molar refractivity (Wildman–Crippen MR) is 84.0 cm³/mol. The van der Waals surface area contributed by atoms with E-state index in [-0.39, 0.29) is 16.0 Å². The van der Waals surface area contributed by atoms with Crippen molar-refractivity contribution in [3.63, 3.8) is 0 Å². The highest BCUT2D eigenvalue weighted by Gasteiger charge is 2.30. The molecule has 0 saturated heterocycles. The Morgan fingerprint density at radius 2 is 1.81 bits per heavy atom. The number of benzene rings is 2. The summed E-state index contributed by atoms with van der Waals surface area (Å²) in [4.78, 5) is 0. The predicted octanol–water partition coefficient (Wildman–Crippen LogP) is 5.52. The van der Waals surface area contributed by atoms with E-state index >= 15 is 0 Å². The van der Waals surface area contributed by atoms with Gasteiger partial charge in [0.2, 0.25) is 0 Å². The van der Waals surface area contributed by atoms with E-state index in [2.05, 4.69) is 19.9 Å². The molecule has 0 bridgehead atoms. The number of halogens is 3. The smallest absolute Gasteiger partial charge is 0.141 e. The van der Waals surface area contributed by atoms with Gasteiger partial charge in [-0.3, -0.25) is 0 Å². The quantitative estimate of drug-likeness (QED) is 0.661. The molecule has 0 spiro atoms. The van der Waals surface area contributed by atoms with Crippen molar-refractivity contribution in [1.82, 2.24) is 0 Å². The molecule has 1 unspecified atom stereocenters. The van der Waals surface area contributed by atoms with E-state index in [1.54, 1.807) is 12.1 Å². The SMILES string of the molecule is CC1(C)Cc2cc(C(Cl)c3ccc(F)c(Cl)c3)ccc2O1. The average Bonchev–Trinajstić information content (AvgIpc) is 2.73. The van der Waals surface area contributed by atoms with Crippen LogP contribution in [0.4, 0.5) is 4.39 Å². The summed E-state index contributed by atoms with van der Waals surface area (Å²) in [7, 11) is 0. The van der Waals surface area contributed by atoms with Crippen molar-refractivity contribution in [3.05, 3.63) is 63.9 Å². The summed E-state index contributed by atoms with van der Waals surface area (Å²) in [6.07, 6.45) is 0.851. The first-order valence-corrected chi connectivity index (χ1v) is 7.58. The van der Waals surface area contributed by atoms with Crippen LogP contribution in [0.15, 0.2) is 36.4 Å². The molecule has 0 N–H and O–H groups in total. The van der Waals surface area contributed by atoms with E-state index in [4.69, 9.17) is 27.9 Å². The molecule has 2 aromatic carbocycles. The topological polar surface area (TPSA) is 9.23 Å². The fourth-order valence-corrected chi connectivity index (χ4v) is 3.11. The minimum Gasteiger partial charge on any atom is -0.487 e. The molecule has 2 aromatic rings. The highest BCUT2D eigenvalue weighted by atomic mass is 35.5. The largest absolute Gasteiger partial charge is 0.487 e. The van der Waals surface area contributed by atoms with Crippen molar-refractivity contribution >= 4 is 23.2 Å². The van der Waals surface area contributed by atoms with Gasteiger partial charge in [-0.25, -0.2) is 4.39 Å². The lowest BCUT2D eigenvalue weighted by Crippen LogP contribution is -2.24. The summed E-state index contributed by atoms with van der Waals surface area (Å²) in [6, 6.07) is 10.5. The second-order valence-corrected chi connectivity index (χ2v) is 6.79. The molecule has 0 radical (unpaired) electrons. The Morgan fingerprint density at radius 1 is 1.14 bits per heavy atom. The van der Waals surface area contributed by atoms with Crippen molar-refractivity contribution in [1.29, 1.82) is 0 Å². The van der Waals surface area contributed by atoms with E-state index in [9.17, 15) is 4.39 Å². The van der Waals surface area contributed by atoms with E-state index in [1.165, 1.54) is 6.07 Å². The molecule has 110 valence electrons. The van der Waals surface area contributed by atoms with E-state index < -0.39 is 5.82 Å². The van der Waals surface area contributed by atoms with Crippen LogP contribution in [0, 0.1) is 5.82 Å². The van der Waals surface area contributed by atoms with Gasteiger partial charge in [0.05, 0.1) is 10.4 Å². The molecule has 3 rings (SSSR count). The molecule has 0 aliphatic carbocycles. The molecule has 0 saturated carbocycles. The minimum atomic E-state index is -0.437. The van der Waals surface area contributed by atoms with Gasteiger partial charge in [-0.1, -0.05) is 29.8 Å². The number of fused-ring (bicyclic) bond motifs is 1. The zero-order chi connectivity index (χ0) is 15.2. The maximum atomic E-state index is 13.2. The molecule has 0 amide bonds. The Hall–Kier alpha value is -1.25. The van der Waals surface area contributed by atoms with Gasteiger partial charge in [-0.2, -0.15) is 0 Å². The maximum Gasteiger partial charge on any atom is 0.141 e.